The molecule has 0 bridgehead atoms. The third-order valence-electron chi connectivity index (χ3n) is 2.82. The smallest absolute Gasteiger partial charge is 0.0960 e. The standard InChI is InChI=1S/C11H18N2S/c1-8(2)10-7-14-11(13-10)9-3-5-12-6-4-9/h7-9,12H,3-6H2,1-2H3. The van der Waals surface area contributed by atoms with Crippen LogP contribution in [0, 0.1) is 0 Å². The van der Waals surface area contributed by atoms with Crippen LogP contribution in [0.15, 0.2) is 5.38 Å². The molecule has 2 rings (SSSR count). The number of rotatable bonds is 2. The van der Waals surface area contributed by atoms with Crippen molar-refractivity contribution in [2.45, 2.75) is 38.5 Å². The Kier molecular flexibility index (Phi) is 3.19. The molecule has 0 amide bonds. The van der Waals surface area contributed by atoms with Crippen molar-refractivity contribution in [2.75, 3.05) is 13.1 Å². The summed E-state index contributed by atoms with van der Waals surface area (Å²) < 4.78 is 0. The molecule has 3 heteroatoms. The van der Waals surface area contributed by atoms with Crippen LogP contribution in [0.2, 0.25) is 0 Å². The molecule has 0 unspecified atom stereocenters. The molecule has 1 aliphatic heterocycles. The minimum absolute atomic E-state index is 0.571. The van der Waals surface area contributed by atoms with Crippen LogP contribution in [0.5, 0.6) is 0 Å². The quantitative estimate of drug-likeness (QED) is 0.812. The summed E-state index contributed by atoms with van der Waals surface area (Å²) in [6.07, 6.45) is 2.51. The molecule has 2 nitrogen and oxygen atoms in total. The normalized spacial score (nSPS) is 19.1. The number of nitrogens with one attached hydrogen (secondary N) is 1. The van der Waals surface area contributed by atoms with Crippen molar-refractivity contribution in [1.82, 2.24) is 10.3 Å². The van der Waals surface area contributed by atoms with Crippen LogP contribution in [0.25, 0.3) is 0 Å². The predicted molar refractivity (Wildman–Crippen MR) is 61.0 cm³/mol. The molecule has 0 radical (unpaired) electrons. The lowest BCUT2D eigenvalue weighted by Crippen LogP contribution is -2.26. The summed E-state index contributed by atoms with van der Waals surface area (Å²) in [4.78, 5) is 4.72. The molecule has 0 spiro atoms. The third-order valence-corrected chi connectivity index (χ3v) is 3.85. The number of nitrogens with zero attached hydrogens (tertiary/aromatic N) is 1. The Morgan fingerprint density at radius 3 is 2.71 bits per heavy atom. The van der Waals surface area contributed by atoms with Gasteiger partial charge in [0.25, 0.3) is 0 Å². The van der Waals surface area contributed by atoms with E-state index in [1.165, 1.54) is 23.5 Å². The van der Waals surface area contributed by atoms with E-state index in [9.17, 15) is 0 Å². The molecule has 1 saturated heterocycles. The Labute approximate surface area is 89.8 Å². The first-order valence-corrected chi connectivity index (χ1v) is 6.31. The van der Waals surface area contributed by atoms with Gasteiger partial charge in [0.05, 0.1) is 10.7 Å². The molecular weight excluding hydrogens is 192 g/mol. The zero-order chi connectivity index (χ0) is 9.97. The fraction of sp³-hybridized carbons (Fsp3) is 0.727. The van der Waals surface area contributed by atoms with Crippen molar-refractivity contribution in [2.24, 2.45) is 0 Å². The number of thiazole rings is 1. The zero-order valence-corrected chi connectivity index (χ0v) is 9.73. The third kappa shape index (κ3) is 2.15. The summed E-state index contributed by atoms with van der Waals surface area (Å²) in [5.41, 5.74) is 1.27. The monoisotopic (exact) mass is 210 g/mol. The van der Waals surface area contributed by atoms with Gasteiger partial charge in [-0.1, -0.05) is 13.8 Å². The largest absolute Gasteiger partial charge is 0.317 e. The van der Waals surface area contributed by atoms with Crippen molar-refractivity contribution in [1.29, 1.82) is 0 Å². The molecule has 1 aromatic rings. The fourth-order valence-corrected chi connectivity index (χ4v) is 2.97. The molecule has 0 aromatic carbocycles. The van der Waals surface area contributed by atoms with E-state index in [0.29, 0.717) is 11.8 Å². The number of hydrogen-bond donors (Lipinski definition) is 1. The summed E-state index contributed by atoms with van der Waals surface area (Å²) in [5.74, 6) is 1.29. The summed E-state index contributed by atoms with van der Waals surface area (Å²) in [7, 11) is 0. The van der Waals surface area contributed by atoms with Gasteiger partial charge in [0.15, 0.2) is 0 Å². The molecule has 78 valence electrons. The number of piperidine rings is 1. The average molecular weight is 210 g/mol. The van der Waals surface area contributed by atoms with Gasteiger partial charge in [0.1, 0.15) is 0 Å². The number of aromatic nitrogens is 1. The van der Waals surface area contributed by atoms with E-state index in [-0.39, 0.29) is 0 Å². The second kappa shape index (κ2) is 4.41. The Hall–Kier alpha value is -0.410. The van der Waals surface area contributed by atoms with Gasteiger partial charge < -0.3 is 5.32 Å². The lowest BCUT2D eigenvalue weighted by atomic mass is 9.99. The second-order valence-corrected chi connectivity index (χ2v) is 5.18. The van der Waals surface area contributed by atoms with Crippen LogP contribution in [0.4, 0.5) is 0 Å². The Bertz CT molecular complexity index is 287. The molecule has 1 aliphatic rings. The van der Waals surface area contributed by atoms with Crippen LogP contribution in [0.3, 0.4) is 0 Å². The molecule has 0 saturated carbocycles. The number of hydrogen-bond acceptors (Lipinski definition) is 3. The minimum atomic E-state index is 0.571. The molecule has 0 aliphatic carbocycles. The van der Waals surface area contributed by atoms with Gasteiger partial charge in [-0.25, -0.2) is 4.98 Å². The predicted octanol–water partition coefficient (Wildman–Crippen LogP) is 2.73. The summed E-state index contributed by atoms with van der Waals surface area (Å²) in [5, 5.41) is 6.97. The van der Waals surface area contributed by atoms with Crippen molar-refractivity contribution >= 4 is 11.3 Å². The fourth-order valence-electron chi connectivity index (χ4n) is 1.82. The highest BCUT2D eigenvalue weighted by Crippen LogP contribution is 2.29. The Balaban J connectivity index is 2.07. The van der Waals surface area contributed by atoms with Crippen LogP contribution >= 0.6 is 11.3 Å². The lowest BCUT2D eigenvalue weighted by Gasteiger charge is -2.20. The van der Waals surface area contributed by atoms with Gasteiger partial charge >= 0.3 is 0 Å². The first kappa shape index (κ1) is 10.1. The highest BCUT2D eigenvalue weighted by atomic mass is 32.1. The second-order valence-electron chi connectivity index (χ2n) is 4.29. The van der Waals surface area contributed by atoms with E-state index >= 15 is 0 Å². The first-order valence-electron chi connectivity index (χ1n) is 5.43. The highest BCUT2D eigenvalue weighted by Gasteiger charge is 2.18. The van der Waals surface area contributed by atoms with Crippen molar-refractivity contribution < 1.29 is 0 Å². The van der Waals surface area contributed by atoms with Crippen LogP contribution in [0.1, 0.15) is 49.2 Å². The molecule has 1 aromatic heterocycles. The van der Waals surface area contributed by atoms with Crippen LogP contribution in [-0.4, -0.2) is 18.1 Å². The maximum Gasteiger partial charge on any atom is 0.0960 e. The molecule has 2 heterocycles. The molecule has 14 heavy (non-hydrogen) atoms. The first-order chi connectivity index (χ1) is 6.77. The van der Waals surface area contributed by atoms with Crippen molar-refractivity contribution in [3.63, 3.8) is 0 Å². The van der Waals surface area contributed by atoms with Gasteiger partial charge in [-0.3, -0.25) is 0 Å². The van der Waals surface area contributed by atoms with Crippen molar-refractivity contribution in [3.05, 3.63) is 16.1 Å². The molecule has 1 fully saturated rings. The lowest BCUT2D eigenvalue weighted by molar-refractivity contribution is 0.458. The van der Waals surface area contributed by atoms with Gasteiger partial charge in [-0.2, -0.15) is 0 Å². The van der Waals surface area contributed by atoms with Gasteiger partial charge in [-0.05, 0) is 31.8 Å². The van der Waals surface area contributed by atoms with Crippen molar-refractivity contribution in [3.8, 4) is 0 Å². The minimum Gasteiger partial charge on any atom is -0.317 e. The average Bonchev–Trinajstić information content (AvgIpc) is 2.68. The van der Waals surface area contributed by atoms with E-state index in [0.717, 1.165) is 13.1 Å². The van der Waals surface area contributed by atoms with Crippen LogP contribution < -0.4 is 5.32 Å². The van der Waals surface area contributed by atoms with Crippen LogP contribution in [-0.2, 0) is 0 Å². The van der Waals surface area contributed by atoms with Gasteiger partial charge in [0.2, 0.25) is 0 Å². The maximum absolute atomic E-state index is 4.72. The zero-order valence-electron chi connectivity index (χ0n) is 8.92. The maximum atomic E-state index is 4.72. The molecular formula is C11H18N2S. The summed E-state index contributed by atoms with van der Waals surface area (Å²) in [6, 6.07) is 0. The Morgan fingerprint density at radius 1 is 1.43 bits per heavy atom. The van der Waals surface area contributed by atoms with E-state index in [4.69, 9.17) is 4.98 Å². The van der Waals surface area contributed by atoms with E-state index in [1.807, 2.05) is 11.3 Å². The van der Waals surface area contributed by atoms with E-state index in [1.54, 1.807) is 0 Å². The highest BCUT2D eigenvalue weighted by molar-refractivity contribution is 7.09. The van der Waals surface area contributed by atoms with E-state index < -0.39 is 0 Å². The summed E-state index contributed by atoms with van der Waals surface area (Å²) >= 11 is 1.85. The van der Waals surface area contributed by atoms with Gasteiger partial charge in [-0.15, -0.1) is 11.3 Å². The van der Waals surface area contributed by atoms with E-state index in [2.05, 4.69) is 24.5 Å². The van der Waals surface area contributed by atoms with Gasteiger partial charge in [0, 0.05) is 11.3 Å². The molecule has 1 N–H and O–H groups in total. The topological polar surface area (TPSA) is 24.9 Å². The SMILES string of the molecule is CC(C)c1csc(C2CCNCC2)n1. The molecule has 0 atom stereocenters. The summed E-state index contributed by atoms with van der Waals surface area (Å²) in [6.45, 7) is 6.73. The Morgan fingerprint density at radius 2 is 2.14 bits per heavy atom.